The van der Waals surface area contributed by atoms with Crippen LogP contribution in [0, 0.1) is 11.8 Å². The normalized spacial score (nSPS) is 28.8. The van der Waals surface area contributed by atoms with Crippen LogP contribution in [0.15, 0.2) is 0 Å². The van der Waals surface area contributed by atoms with Crippen molar-refractivity contribution in [3.8, 4) is 0 Å². The predicted octanol–water partition coefficient (Wildman–Crippen LogP) is 0.924. The average molecular weight is 171 g/mol. The lowest BCUT2D eigenvalue weighted by Crippen LogP contribution is -2.16. The largest absolute Gasteiger partial charge is 0.466 e. The average Bonchev–Trinajstić information content (AvgIpc) is 2.52. The first-order chi connectivity index (χ1) is 5.77. The second kappa shape index (κ2) is 4.45. The highest BCUT2D eigenvalue weighted by Gasteiger charge is 2.29. The Morgan fingerprint density at radius 3 is 2.83 bits per heavy atom. The maximum atomic E-state index is 11.2. The van der Waals surface area contributed by atoms with Gasteiger partial charge in [0.25, 0.3) is 0 Å². The lowest BCUT2D eigenvalue weighted by Gasteiger charge is -2.08. The second-order valence-corrected chi connectivity index (χ2v) is 3.36. The Morgan fingerprint density at radius 1 is 1.58 bits per heavy atom. The Balaban J connectivity index is 2.31. The van der Waals surface area contributed by atoms with E-state index in [1.807, 2.05) is 6.92 Å². The van der Waals surface area contributed by atoms with Crippen LogP contribution < -0.4 is 5.73 Å². The molecule has 1 aliphatic rings. The molecule has 0 unspecified atom stereocenters. The van der Waals surface area contributed by atoms with Crippen molar-refractivity contribution >= 4 is 5.97 Å². The Kier molecular flexibility index (Phi) is 3.53. The molecule has 0 radical (unpaired) electrons. The summed E-state index contributed by atoms with van der Waals surface area (Å²) in [5.41, 5.74) is 5.52. The maximum absolute atomic E-state index is 11.2. The lowest BCUT2D eigenvalue weighted by molar-refractivity contribution is -0.147. The molecule has 12 heavy (non-hydrogen) atoms. The van der Waals surface area contributed by atoms with E-state index in [-0.39, 0.29) is 11.9 Å². The van der Waals surface area contributed by atoms with Crippen LogP contribution in [0.2, 0.25) is 0 Å². The van der Waals surface area contributed by atoms with Crippen molar-refractivity contribution in [2.24, 2.45) is 17.6 Å². The van der Waals surface area contributed by atoms with E-state index in [4.69, 9.17) is 10.5 Å². The summed E-state index contributed by atoms with van der Waals surface area (Å²) in [5.74, 6) is 0.631. The highest BCUT2D eigenvalue weighted by Crippen LogP contribution is 2.30. The molecule has 0 aromatic heterocycles. The van der Waals surface area contributed by atoms with E-state index in [1.54, 1.807) is 0 Å². The molecular formula is C9H17NO2. The Labute approximate surface area is 73.3 Å². The highest BCUT2D eigenvalue weighted by molar-refractivity contribution is 5.72. The fourth-order valence-corrected chi connectivity index (χ4v) is 1.76. The van der Waals surface area contributed by atoms with E-state index in [0.717, 1.165) is 19.3 Å². The Bertz CT molecular complexity index is 159. The minimum absolute atomic E-state index is 0.0338. The molecule has 70 valence electrons. The van der Waals surface area contributed by atoms with E-state index in [1.165, 1.54) is 0 Å². The number of carbonyl (C=O) groups excluding carboxylic acids is 1. The molecule has 0 amide bonds. The third-order valence-corrected chi connectivity index (χ3v) is 2.49. The fourth-order valence-electron chi connectivity index (χ4n) is 1.76. The summed E-state index contributed by atoms with van der Waals surface area (Å²) in [6, 6.07) is 0. The molecule has 1 aliphatic carbocycles. The summed E-state index contributed by atoms with van der Waals surface area (Å²) in [7, 11) is 0. The SMILES string of the molecule is CCOC(=O)[C@H]1CC[C@@H](CN)C1. The van der Waals surface area contributed by atoms with Crippen molar-refractivity contribution < 1.29 is 9.53 Å². The molecule has 0 bridgehead atoms. The number of rotatable bonds is 3. The topological polar surface area (TPSA) is 52.3 Å². The van der Waals surface area contributed by atoms with Crippen molar-refractivity contribution in [2.75, 3.05) is 13.2 Å². The van der Waals surface area contributed by atoms with E-state index in [2.05, 4.69) is 0 Å². The quantitative estimate of drug-likeness (QED) is 0.642. The number of hydrogen-bond acceptors (Lipinski definition) is 3. The zero-order valence-electron chi connectivity index (χ0n) is 7.58. The molecule has 1 saturated carbocycles. The van der Waals surface area contributed by atoms with Crippen LogP contribution in [-0.4, -0.2) is 19.1 Å². The van der Waals surface area contributed by atoms with Gasteiger partial charge in [0.1, 0.15) is 0 Å². The van der Waals surface area contributed by atoms with Crippen molar-refractivity contribution in [1.29, 1.82) is 0 Å². The smallest absolute Gasteiger partial charge is 0.308 e. The summed E-state index contributed by atoms with van der Waals surface area (Å²) in [6.45, 7) is 3.03. The molecule has 3 nitrogen and oxygen atoms in total. The summed E-state index contributed by atoms with van der Waals surface area (Å²) in [4.78, 5) is 11.2. The first-order valence-corrected chi connectivity index (χ1v) is 4.64. The van der Waals surface area contributed by atoms with Crippen molar-refractivity contribution in [2.45, 2.75) is 26.2 Å². The van der Waals surface area contributed by atoms with Crippen LogP contribution in [-0.2, 0) is 9.53 Å². The van der Waals surface area contributed by atoms with Crippen LogP contribution in [0.1, 0.15) is 26.2 Å². The molecule has 0 spiro atoms. The van der Waals surface area contributed by atoms with Gasteiger partial charge >= 0.3 is 5.97 Å². The zero-order chi connectivity index (χ0) is 8.97. The second-order valence-electron chi connectivity index (χ2n) is 3.36. The first kappa shape index (κ1) is 9.52. The third kappa shape index (κ3) is 2.21. The van der Waals surface area contributed by atoms with E-state index in [0.29, 0.717) is 19.1 Å². The van der Waals surface area contributed by atoms with E-state index < -0.39 is 0 Å². The molecule has 1 fully saturated rings. The number of esters is 1. The molecule has 0 aliphatic heterocycles. The van der Waals surface area contributed by atoms with Gasteiger partial charge in [0, 0.05) is 0 Å². The summed E-state index contributed by atoms with van der Waals surface area (Å²) in [6.07, 6.45) is 2.97. The maximum Gasteiger partial charge on any atom is 0.308 e. The van der Waals surface area contributed by atoms with Gasteiger partial charge in [0.2, 0.25) is 0 Å². The van der Waals surface area contributed by atoms with Crippen molar-refractivity contribution in [1.82, 2.24) is 0 Å². The highest BCUT2D eigenvalue weighted by atomic mass is 16.5. The molecule has 3 heteroatoms. The van der Waals surface area contributed by atoms with Crippen molar-refractivity contribution in [3.63, 3.8) is 0 Å². The monoisotopic (exact) mass is 171 g/mol. The van der Waals surface area contributed by atoms with Gasteiger partial charge in [-0.1, -0.05) is 0 Å². The summed E-state index contributed by atoms with van der Waals surface area (Å²) >= 11 is 0. The predicted molar refractivity (Wildman–Crippen MR) is 46.5 cm³/mol. The Morgan fingerprint density at radius 2 is 2.33 bits per heavy atom. The molecule has 0 heterocycles. The standard InChI is InChI=1S/C9H17NO2/c1-2-12-9(11)8-4-3-7(5-8)6-10/h7-8H,2-6,10H2,1H3/t7-,8+/m1/s1. The van der Waals surface area contributed by atoms with Crippen LogP contribution in [0.4, 0.5) is 0 Å². The van der Waals surface area contributed by atoms with Gasteiger partial charge in [-0.3, -0.25) is 4.79 Å². The molecule has 2 atom stereocenters. The summed E-state index contributed by atoms with van der Waals surface area (Å²) in [5, 5.41) is 0. The third-order valence-electron chi connectivity index (χ3n) is 2.49. The van der Waals surface area contributed by atoms with Gasteiger partial charge in [0.05, 0.1) is 12.5 Å². The van der Waals surface area contributed by atoms with Gasteiger partial charge in [-0.2, -0.15) is 0 Å². The van der Waals surface area contributed by atoms with Crippen LogP contribution in [0.5, 0.6) is 0 Å². The van der Waals surface area contributed by atoms with E-state index in [9.17, 15) is 4.79 Å². The van der Waals surface area contributed by atoms with Crippen LogP contribution >= 0.6 is 0 Å². The number of nitrogens with two attached hydrogens (primary N) is 1. The molecule has 0 saturated heterocycles. The molecular weight excluding hydrogens is 154 g/mol. The van der Waals surface area contributed by atoms with Gasteiger partial charge in [-0.05, 0) is 38.6 Å². The van der Waals surface area contributed by atoms with Crippen molar-refractivity contribution in [3.05, 3.63) is 0 Å². The fraction of sp³-hybridized carbons (Fsp3) is 0.889. The number of carbonyl (C=O) groups is 1. The van der Waals surface area contributed by atoms with Crippen LogP contribution in [0.25, 0.3) is 0 Å². The Hall–Kier alpha value is -0.570. The number of ether oxygens (including phenoxy) is 1. The molecule has 0 aromatic rings. The minimum Gasteiger partial charge on any atom is -0.466 e. The zero-order valence-corrected chi connectivity index (χ0v) is 7.58. The van der Waals surface area contributed by atoms with E-state index >= 15 is 0 Å². The first-order valence-electron chi connectivity index (χ1n) is 4.64. The minimum atomic E-state index is -0.0338. The molecule has 2 N–H and O–H groups in total. The lowest BCUT2D eigenvalue weighted by atomic mass is 10.1. The number of hydrogen-bond donors (Lipinski definition) is 1. The van der Waals surface area contributed by atoms with Gasteiger partial charge in [-0.15, -0.1) is 0 Å². The van der Waals surface area contributed by atoms with Gasteiger partial charge < -0.3 is 10.5 Å². The van der Waals surface area contributed by atoms with Gasteiger partial charge in [0.15, 0.2) is 0 Å². The molecule has 1 rings (SSSR count). The summed E-state index contributed by atoms with van der Waals surface area (Å²) < 4.78 is 4.94. The van der Waals surface area contributed by atoms with Gasteiger partial charge in [-0.25, -0.2) is 0 Å². The van der Waals surface area contributed by atoms with Crippen LogP contribution in [0.3, 0.4) is 0 Å². The molecule has 0 aromatic carbocycles.